The Morgan fingerprint density at radius 3 is 2.39 bits per heavy atom. The monoisotopic (exact) mass is 791 g/mol. The van der Waals surface area contributed by atoms with E-state index in [1.165, 1.54) is 5.32 Å². The second kappa shape index (κ2) is 18.7. The van der Waals surface area contributed by atoms with Gasteiger partial charge in [0.25, 0.3) is 0 Å². The normalized spacial score (nSPS) is 18.8. The summed E-state index contributed by atoms with van der Waals surface area (Å²) >= 11 is 0. The van der Waals surface area contributed by atoms with Crippen molar-refractivity contribution < 1.29 is 41.8 Å². The number of carbonyl (C=O) groups is 3. The predicted molar refractivity (Wildman–Crippen MR) is 209 cm³/mol. The van der Waals surface area contributed by atoms with Crippen LogP contribution in [0.2, 0.25) is 0 Å². The average molecular weight is 792 g/mol. The number of hydrogen-bond donors (Lipinski definition) is 2. The van der Waals surface area contributed by atoms with Crippen molar-refractivity contribution in [3.63, 3.8) is 0 Å². The van der Waals surface area contributed by atoms with E-state index in [0.717, 1.165) is 55.2 Å². The van der Waals surface area contributed by atoms with Gasteiger partial charge in [0.2, 0.25) is 11.6 Å². The number of aromatic nitrogens is 3. The molecule has 0 saturated heterocycles. The van der Waals surface area contributed by atoms with Crippen LogP contribution >= 0.6 is 0 Å². The zero-order valence-corrected chi connectivity index (χ0v) is 33.4. The number of benzene rings is 2. The molecule has 3 unspecified atom stereocenters. The lowest BCUT2D eigenvalue weighted by atomic mass is 9.75. The molecule has 1 aliphatic rings. The minimum Gasteiger partial charge on any atom is -0.496 e. The minimum absolute atomic E-state index is 0.115. The first kappa shape index (κ1) is 42.8. The molecule has 5 rings (SSSR count). The molecule has 0 aliphatic heterocycles. The maximum absolute atomic E-state index is 13.7. The highest BCUT2D eigenvalue weighted by Gasteiger charge is 2.40. The number of nitrogens with one attached hydrogen (secondary N) is 2. The predicted octanol–water partition coefficient (Wildman–Crippen LogP) is 9.72. The summed E-state index contributed by atoms with van der Waals surface area (Å²) in [7, 11) is 1.57. The van der Waals surface area contributed by atoms with Crippen molar-refractivity contribution in [1.29, 1.82) is 0 Å². The Morgan fingerprint density at radius 2 is 1.72 bits per heavy atom. The standard InChI is InChI=1S/C43H52F3N5O6/c1-8-9-10-11-12-32(15-18-36(52)48-42(54)43(44,45)46)56-35-16-13-25(2)21-30(35)23-31-22-29(14-17-34(31)55-7)39-49-40-37(33(47-6)24-51(40)50-39)41(53)57-38-27(4)19-26(3)20-28(38)5/h13-14,16-17,21-22,24,26-28,32,38H,8-12,15,18-20,23H2,1-5,7H3,(H,49,50)(H,48,52,54). The molecule has 2 aromatic heterocycles. The maximum atomic E-state index is 13.7. The number of hydrogen-bond acceptors (Lipinski definition) is 7. The number of H-pyrrole nitrogens is 1. The Balaban J connectivity index is 1.40. The number of alkyl halides is 3. The van der Waals surface area contributed by atoms with Crippen LogP contribution in [0.25, 0.3) is 21.9 Å². The summed E-state index contributed by atoms with van der Waals surface area (Å²) in [5.41, 5.74) is 3.85. The van der Waals surface area contributed by atoms with Crippen molar-refractivity contribution in [3.05, 3.63) is 76.3 Å². The van der Waals surface area contributed by atoms with Gasteiger partial charge in [-0.15, -0.1) is 0 Å². The molecule has 2 amide bonds. The topological polar surface area (TPSA) is 128 Å². The third kappa shape index (κ3) is 10.8. The highest BCUT2D eigenvalue weighted by atomic mass is 19.4. The molecule has 0 radical (unpaired) electrons. The first-order valence-corrected chi connectivity index (χ1v) is 19.7. The molecular formula is C43H52F3N5O6. The number of amides is 2. The van der Waals surface area contributed by atoms with E-state index >= 15 is 0 Å². The summed E-state index contributed by atoms with van der Waals surface area (Å²) in [6.45, 7) is 18.2. The number of fused-ring (bicyclic) bond motifs is 1. The van der Waals surface area contributed by atoms with Crippen LogP contribution in [0.4, 0.5) is 18.9 Å². The number of methoxy groups -OCH3 is 1. The second-order valence-electron chi connectivity index (χ2n) is 15.5. The molecule has 1 fully saturated rings. The van der Waals surface area contributed by atoms with Crippen molar-refractivity contribution >= 4 is 29.1 Å². The van der Waals surface area contributed by atoms with Crippen LogP contribution in [0.3, 0.4) is 0 Å². The van der Waals surface area contributed by atoms with Gasteiger partial charge in [-0.3, -0.25) is 24.5 Å². The van der Waals surface area contributed by atoms with E-state index in [0.29, 0.717) is 47.3 Å². The average Bonchev–Trinajstić information content (AvgIpc) is 3.72. The quantitative estimate of drug-likeness (QED) is 0.0657. The summed E-state index contributed by atoms with van der Waals surface area (Å²) < 4.78 is 58.1. The van der Waals surface area contributed by atoms with Gasteiger partial charge in [-0.05, 0) is 92.2 Å². The molecular weight excluding hydrogens is 739 g/mol. The SMILES string of the molecule is [C-]#[N+]c1cn2[nH]c(-c3ccc(OC)c(Cc4cc(C)ccc4OC(CCCCCC)CCC(=O)NC(=O)C(F)(F)F)c3)nc2c1C(=O)OC1C(C)CC(C)CC1C. The molecule has 0 bridgehead atoms. The van der Waals surface area contributed by atoms with E-state index in [1.807, 2.05) is 43.3 Å². The van der Waals surface area contributed by atoms with E-state index in [4.69, 9.17) is 25.8 Å². The molecule has 1 saturated carbocycles. The van der Waals surface area contributed by atoms with Crippen LogP contribution in [-0.2, 0) is 20.7 Å². The lowest BCUT2D eigenvalue weighted by Gasteiger charge is -2.37. The number of rotatable bonds is 16. The minimum atomic E-state index is -5.16. The van der Waals surface area contributed by atoms with Crippen molar-refractivity contribution in [1.82, 2.24) is 19.9 Å². The number of ether oxygens (including phenoxy) is 3. The second-order valence-corrected chi connectivity index (χ2v) is 15.5. The Kier molecular flexibility index (Phi) is 14.1. The van der Waals surface area contributed by atoms with Gasteiger partial charge in [-0.1, -0.05) is 64.7 Å². The van der Waals surface area contributed by atoms with Crippen LogP contribution < -0.4 is 14.8 Å². The summed E-state index contributed by atoms with van der Waals surface area (Å²) in [5.74, 6) is -1.32. The molecule has 2 N–H and O–H groups in total. The molecule has 14 heteroatoms. The zero-order valence-electron chi connectivity index (χ0n) is 33.4. The molecule has 2 aromatic carbocycles. The van der Waals surface area contributed by atoms with Gasteiger partial charge in [-0.2, -0.15) is 13.2 Å². The van der Waals surface area contributed by atoms with E-state index in [-0.39, 0.29) is 42.0 Å². The maximum Gasteiger partial charge on any atom is 0.471 e. The van der Waals surface area contributed by atoms with Crippen LogP contribution in [-0.4, -0.2) is 57.9 Å². The number of aryl methyl sites for hydroxylation is 1. The Hall–Kier alpha value is -5.32. The fourth-order valence-corrected chi connectivity index (χ4v) is 7.97. The number of unbranched alkanes of at least 4 members (excludes halogenated alkanes) is 3. The van der Waals surface area contributed by atoms with Crippen molar-refractivity contribution in [2.24, 2.45) is 17.8 Å². The van der Waals surface area contributed by atoms with Crippen LogP contribution in [0, 0.1) is 31.2 Å². The summed E-state index contributed by atoms with van der Waals surface area (Å²) in [6.07, 6.45) is 2.04. The molecule has 1 aliphatic carbocycles. The van der Waals surface area contributed by atoms with Gasteiger partial charge in [-0.25, -0.2) is 14.6 Å². The molecule has 2 heterocycles. The van der Waals surface area contributed by atoms with Crippen LogP contribution in [0.1, 0.15) is 113 Å². The van der Waals surface area contributed by atoms with Crippen LogP contribution in [0.15, 0.2) is 42.6 Å². The molecule has 4 aromatic rings. The van der Waals surface area contributed by atoms with Gasteiger partial charge in [0, 0.05) is 24.6 Å². The first-order chi connectivity index (χ1) is 27.1. The number of halogens is 3. The molecule has 0 spiro atoms. The largest absolute Gasteiger partial charge is 0.496 e. The molecule has 57 heavy (non-hydrogen) atoms. The van der Waals surface area contributed by atoms with Gasteiger partial charge < -0.3 is 14.2 Å². The van der Waals surface area contributed by atoms with Gasteiger partial charge in [0.05, 0.1) is 19.8 Å². The number of carbonyl (C=O) groups excluding carboxylic acids is 3. The third-order valence-corrected chi connectivity index (χ3v) is 10.7. The molecule has 11 nitrogen and oxygen atoms in total. The fourth-order valence-electron chi connectivity index (χ4n) is 7.97. The summed E-state index contributed by atoms with van der Waals surface area (Å²) in [4.78, 5) is 45.7. The smallest absolute Gasteiger partial charge is 0.471 e. The van der Waals surface area contributed by atoms with E-state index in [9.17, 15) is 27.6 Å². The Bertz CT molecular complexity index is 2090. The highest BCUT2D eigenvalue weighted by molar-refractivity contribution is 6.03. The number of nitrogens with zero attached hydrogens (tertiary/aromatic N) is 3. The Labute approximate surface area is 331 Å². The lowest BCUT2D eigenvalue weighted by Crippen LogP contribution is -2.40. The number of imide groups is 1. The molecule has 3 atom stereocenters. The van der Waals surface area contributed by atoms with E-state index in [1.54, 1.807) is 17.8 Å². The van der Waals surface area contributed by atoms with Gasteiger partial charge in [0.15, 0.2) is 11.5 Å². The Morgan fingerprint density at radius 1 is 1.02 bits per heavy atom. The molecule has 306 valence electrons. The van der Waals surface area contributed by atoms with E-state index in [2.05, 4.69) is 37.6 Å². The highest BCUT2D eigenvalue weighted by Crippen LogP contribution is 2.37. The zero-order chi connectivity index (χ0) is 41.4. The van der Waals surface area contributed by atoms with Crippen molar-refractivity contribution in [2.75, 3.05) is 7.11 Å². The fraction of sp³-hybridized carbons (Fsp3) is 0.512. The van der Waals surface area contributed by atoms with E-state index < -0.39 is 30.1 Å². The third-order valence-electron chi connectivity index (χ3n) is 10.7. The van der Waals surface area contributed by atoms with Gasteiger partial charge >= 0.3 is 18.1 Å². The van der Waals surface area contributed by atoms with Gasteiger partial charge in [0.1, 0.15) is 23.2 Å². The summed E-state index contributed by atoms with van der Waals surface area (Å²) in [6, 6.07) is 11.3. The number of esters is 1. The lowest BCUT2D eigenvalue weighted by molar-refractivity contribution is -0.174. The van der Waals surface area contributed by atoms with Crippen molar-refractivity contribution in [2.45, 2.75) is 117 Å². The van der Waals surface area contributed by atoms with Crippen molar-refractivity contribution in [3.8, 4) is 22.9 Å². The first-order valence-electron chi connectivity index (χ1n) is 19.7. The summed E-state index contributed by atoms with van der Waals surface area (Å²) in [5, 5.41) is 4.63. The number of aromatic amines is 1. The van der Waals surface area contributed by atoms with Crippen LogP contribution in [0.5, 0.6) is 11.5 Å².